The molecule has 1 amide bonds. The summed E-state index contributed by atoms with van der Waals surface area (Å²) >= 11 is 1.52. The van der Waals surface area contributed by atoms with Gasteiger partial charge in [0.25, 0.3) is 0 Å². The molecule has 0 atom stereocenters. The molecule has 0 aliphatic carbocycles. The molecule has 4 heterocycles. The smallest absolute Gasteiger partial charge is 0.232 e. The number of nitrogens with zero attached hydrogens (tertiary/aromatic N) is 7. The first-order chi connectivity index (χ1) is 17.7. The van der Waals surface area contributed by atoms with E-state index in [1.54, 1.807) is 18.0 Å². The van der Waals surface area contributed by atoms with E-state index in [1.165, 1.54) is 11.3 Å². The lowest BCUT2D eigenvalue weighted by atomic mass is 9.95. The Kier molecular flexibility index (Phi) is 5.94. The van der Waals surface area contributed by atoms with Gasteiger partial charge in [-0.3, -0.25) is 9.69 Å². The Hall–Kier alpha value is -4.05. The van der Waals surface area contributed by atoms with Crippen LogP contribution in [0.25, 0.3) is 15.9 Å². The maximum absolute atomic E-state index is 13.9. The minimum absolute atomic E-state index is 0.0786. The van der Waals surface area contributed by atoms with Crippen molar-refractivity contribution in [1.82, 2.24) is 24.8 Å². The molecular weight excluding hydrogens is 474 g/mol. The van der Waals surface area contributed by atoms with Gasteiger partial charge in [0.2, 0.25) is 5.91 Å². The monoisotopic (exact) mass is 499 g/mol. The van der Waals surface area contributed by atoms with E-state index < -0.39 is 0 Å². The number of benzene rings is 2. The van der Waals surface area contributed by atoms with Gasteiger partial charge in [-0.15, -0.1) is 15.3 Å². The van der Waals surface area contributed by atoms with E-state index in [4.69, 9.17) is 9.72 Å². The number of amides is 1. The van der Waals surface area contributed by atoms with Crippen molar-refractivity contribution >= 4 is 44.1 Å². The number of piperidine rings is 1. The third kappa shape index (κ3) is 4.35. The Morgan fingerprint density at radius 1 is 1.11 bits per heavy atom. The molecule has 0 spiro atoms. The number of fused-ring (bicyclic) bond motifs is 2. The average molecular weight is 500 g/mol. The summed E-state index contributed by atoms with van der Waals surface area (Å²) in [6.07, 6.45) is 3.11. The third-order valence-corrected chi connectivity index (χ3v) is 7.62. The van der Waals surface area contributed by atoms with Crippen molar-refractivity contribution in [3.63, 3.8) is 0 Å². The van der Waals surface area contributed by atoms with Gasteiger partial charge in [0.15, 0.2) is 10.8 Å². The zero-order chi connectivity index (χ0) is 24.5. The zero-order valence-electron chi connectivity index (χ0n) is 19.8. The minimum atomic E-state index is -0.0786. The van der Waals surface area contributed by atoms with Gasteiger partial charge < -0.3 is 9.64 Å². The first-order valence-electron chi connectivity index (χ1n) is 11.9. The lowest BCUT2D eigenvalue weighted by molar-refractivity contribution is -0.123. The van der Waals surface area contributed by atoms with Crippen molar-refractivity contribution in [2.45, 2.75) is 19.4 Å². The normalized spacial score (nSPS) is 14.4. The molecule has 0 saturated carbocycles. The Bertz CT molecular complexity index is 1510. The highest BCUT2D eigenvalue weighted by molar-refractivity contribution is 7.22. The number of aromatic nitrogens is 5. The van der Waals surface area contributed by atoms with Crippen LogP contribution < -0.4 is 14.5 Å². The minimum Gasteiger partial charge on any atom is -0.497 e. The van der Waals surface area contributed by atoms with Gasteiger partial charge in [-0.05, 0) is 48.7 Å². The van der Waals surface area contributed by atoms with Gasteiger partial charge in [-0.1, -0.05) is 41.7 Å². The molecule has 0 radical (unpaired) electrons. The van der Waals surface area contributed by atoms with Crippen molar-refractivity contribution in [3.05, 3.63) is 72.6 Å². The number of hydrogen-bond acceptors (Lipinski definition) is 8. The van der Waals surface area contributed by atoms with Crippen molar-refractivity contribution < 1.29 is 9.53 Å². The summed E-state index contributed by atoms with van der Waals surface area (Å²) in [6, 6.07) is 19.8. The Morgan fingerprint density at radius 2 is 1.94 bits per heavy atom. The topological polar surface area (TPSA) is 88.8 Å². The van der Waals surface area contributed by atoms with Crippen LogP contribution >= 0.6 is 11.3 Å². The summed E-state index contributed by atoms with van der Waals surface area (Å²) in [6.45, 7) is 2.00. The van der Waals surface area contributed by atoms with Gasteiger partial charge in [0, 0.05) is 19.0 Å². The van der Waals surface area contributed by atoms with Crippen molar-refractivity contribution in [2.75, 3.05) is 30.0 Å². The van der Waals surface area contributed by atoms with Crippen molar-refractivity contribution in [2.24, 2.45) is 5.92 Å². The molecule has 2 aromatic carbocycles. The predicted octanol–water partition coefficient (Wildman–Crippen LogP) is 4.19. The van der Waals surface area contributed by atoms with Gasteiger partial charge in [0.1, 0.15) is 17.9 Å². The molecule has 1 aliphatic rings. The van der Waals surface area contributed by atoms with Crippen LogP contribution in [0.4, 0.5) is 10.9 Å². The highest BCUT2D eigenvalue weighted by atomic mass is 32.1. The maximum atomic E-state index is 13.9. The summed E-state index contributed by atoms with van der Waals surface area (Å²) in [5.74, 6) is 1.69. The first-order valence-corrected chi connectivity index (χ1v) is 12.7. The second-order valence-corrected chi connectivity index (χ2v) is 9.84. The van der Waals surface area contributed by atoms with E-state index >= 15 is 0 Å². The highest BCUT2D eigenvalue weighted by Gasteiger charge is 2.31. The number of rotatable bonds is 6. The molecule has 36 heavy (non-hydrogen) atoms. The van der Waals surface area contributed by atoms with Gasteiger partial charge in [-0.25, -0.2) is 4.98 Å². The molecule has 5 aromatic rings. The molecule has 6 rings (SSSR count). The summed E-state index contributed by atoms with van der Waals surface area (Å²) < 4.78 is 8.05. The predicted molar refractivity (Wildman–Crippen MR) is 140 cm³/mol. The molecule has 182 valence electrons. The number of carbonyl (C=O) groups is 1. The van der Waals surface area contributed by atoms with E-state index in [1.807, 2.05) is 65.6 Å². The number of anilines is 2. The summed E-state index contributed by atoms with van der Waals surface area (Å²) in [5.41, 5.74) is 2.66. The number of thiazole rings is 1. The number of ether oxygens (including phenoxy) is 1. The van der Waals surface area contributed by atoms with E-state index in [-0.39, 0.29) is 11.8 Å². The van der Waals surface area contributed by atoms with E-state index in [0.717, 1.165) is 53.3 Å². The van der Waals surface area contributed by atoms with Crippen molar-refractivity contribution in [1.29, 1.82) is 0 Å². The molecule has 0 unspecified atom stereocenters. The highest BCUT2D eigenvalue weighted by Crippen LogP contribution is 2.34. The number of carbonyl (C=O) groups excluding carboxylic acids is 1. The Morgan fingerprint density at radius 3 is 2.75 bits per heavy atom. The van der Waals surface area contributed by atoms with Crippen LogP contribution in [-0.4, -0.2) is 50.9 Å². The zero-order valence-corrected chi connectivity index (χ0v) is 20.6. The van der Waals surface area contributed by atoms with E-state index in [0.29, 0.717) is 17.3 Å². The second kappa shape index (κ2) is 9.54. The summed E-state index contributed by atoms with van der Waals surface area (Å²) in [5, 5.41) is 13.2. The van der Waals surface area contributed by atoms with Crippen LogP contribution in [0.1, 0.15) is 18.4 Å². The number of methoxy groups -OCH3 is 1. The number of hydrogen-bond donors (Lipinski definition) is 0. The van der Waals surface area contributed by atoms with E-state index in [9.17, 15) is 4.79 Å². The summed E-state index contributed by atoms with van der Waals surface area (Å²) in [4.78, 5) is 22.8. The third-order valence-electron chi connectivity index (χ3n) is 6.58. The quantitative estimate of drug-likeness (QED) is 0.346. The second-order valence-electron chi connectivity index (χ2n) is 8.83. The van der Waals surface area contributed by atoms with Gasteiger partial charge in [-0.2, -0.15) is 4.52 Å². The fourth-order valence-corrected chi connectivity index (χ4v) is 5.60. The average Bonchev–Trinajstić information content (AvgIpc) is 3.58. The standard InChI is InChI=1S/C26H25N7O2S/c1-35-20-7-8-21-22(15-20)36-26(28-21)32(16-18-5-3-2-4-6-18)25(34)19-11-13-31(14-12-19)24-10-9-23-29-27-17-33(23)30-24/h2-10,15,17,19H,11-14,16H2,1H3. The molecular formula is C26H25N7O2S. The van der Waals surface area contributed by atoms with Crippen LogP contribution in [0.5, 0.6) is 5.75 Å². The molecule has 10 heteroatoms. The van der Waals surface area contributed by atoms with Crippen LogP contribution in [0.2, 0.25) is 0 Å². The molecule has 3 aromatic heterocycles. The van der Waals surface area contributed by atoms with Crippen LogP contribution in [0.15, 0.2) is 67.0 Å². The van der Waals surface area contributed by atoms with E-state index in [2.05, 4.69) is 20.2 Å². The molecule has 9 nitrogen and oxygen atoms in total. The molecule has 1 saturated heterocycles. The lowest BCUT2D eigenvalue weighted by Crippen LogP contribution is -2.43. The molecule has 0 N–H and O–H groups in total. The van der Waals surface area contributed by atoms with Gasteiger partial charge in [0.05, 0.1) is 23.9 Å². The van der Waals surface area contributed by atoms with Crippen LogP contribution in [0.3, 0.4) is 0 Å². The Labute approximate surface area is 212 Å². The maximum Gasteiger partial charge on any atom is 0.232 e. The van der Waals surface area contributed by atoms with Crippen molar-refractivity contribution in [3.8, 4) is 5.75 Å². The fourth-order valence-electron chi connectivity index (χ4n) is 4.60. The van der Waals surface area contributed by atoms with Crippen LogP contribution in [-0.2, 0) is 11.3 Å². The largest absolute Gasteiger partial charge is 0.497 e. The lowest BCUT2D eigenvalue weighted by Gasteiger charge is -2.34. The Balaban J connectivity index is 1.23. The van der Waals surface area contributed by atoms with Crippen LogP contribution in [0, 0.1) is 5.92 Å². The first kappa shape index (κ1) is 22.4. The summed E-state index contributed by atoms with van der Waals surface area (Å²) in [7, 11) is 1.65. The molecule has 1 aliphatic heterocycles. The fraction of sp³-hybridized carbons (Fsp3) is 0.269. The molecule has 0 bridgehead atoms. The SMILES string of the molecule is COc1ccc2nc(N(Cc3ccccc3)C(=O)C3CCN(c4ccc5nncn5n4)CC3)sc2c1. The molecule has 1 fully saturated rings. The van der Waals surface area contributed by atoms with Gasteiger partial charge >= 0.3 is 0 Å².